The number of nitrogens with zero attached hydrogens (tertiary/aromatic N) is 5. The summed E-state index contributed by atoms with van der Waals surface area (Å²) in [6.07, 6.45) is 1.49. The number of aromatic nitrogens is 1. The van der Waals surface area contributed by atoms with Gasteiger partial charge in [0.2, 0.25) is 11.8 Å². The molecule has 2 aliphatic rings. The molecular weight excluding hydrogens is 478 g/mol. The Morgan fingerprint density at radius 2 is 1.86 bits per heavy atom. The monoisotopic (exact) mass is 503 g/mol. The van der Waals surface area contributed by atoms with Gasteiger partial charge < -0.3 is 16.0 Å². The van der Waals surface area contributed by atoms with E-state index in [-0.39, 0.29) is 30.1 Å². The lowest BCUT2D eigenvalue weighted by Crippen LogP contribution is -2.48. The molecule has 1 atom stereocenters. The van der Waals surface area contributed by atoms with Crippen LogP contribution in [0.25, 0.3) is 0 Å². The molecule has 3 heterocycles. The second-order valence-corrected chi connectivity index (χ2v) is 9.59. The van der Waals surface area contributed by atoms with Crippen LogP contribution in [0.2, 0.25) is 0 Å². The zero-order valence-electron chi connectivity index (χ0n) is 19.7. The number of carbonyl (C=O) groups is 3. The molecule has 2 aliphatic heterocycles. The molecule has 2 fully saturated rings. The molecule has 2 aromatic rings. The van der Waals surface area contributed by atoms with Crippen molar-refractivity contribution in [3.05, 3.63) is 52.6 Å². The highest BCUT2D eigenvalue weighted by atomic mass is 32.2. The van der Waals surface area contributed by atoms with Crippen LogP contribution in [0.4, 0.5) is 10.6 Å². The number of imide groups is 1. The normalized spacial score (nSPS) is 16.9. The summed E-state index contributed by atoms with van der Waals surface area (Å²) in [4.78, 5) is 44.5. The van der Waals surface area contributed by atoms with Gasteiger partial charge in [0.1, 0.15) is 28.2 Å². The third kappa shape index (κ3) is 4.70. The molecule has 184 valence electrons. The summed E-state index contributed by atoms with van der Waals surface area (Å²) in [7, 11) is 0. The maximum absolute atomic E-state index is 12.3. The number of amides is 4. The summed E-state index contributed by atoms with van der Waals surface area (Å²) in [5, 5.41) is 22.1. The first-order valence-electron chi connectivity index (χ1n) is 11.6. The number of nitrogens with two attached hydrogens (primary N) is 1. The molecule has 0 spiro atoms. The van der Waals surface area contributed by atoms with Crippen molar-refractivity contribution < 1.29 is 14.4 Å². The second kappa shape index (κ2) is 10.7. The number of rotatable bonds is 7. The molecule has 0 saturated carbocycles. The van der Waals surface area contributed by atoms with E-state index in [4.69, 9.17) is 10.7 Å². The molecule has 1 unspecified atom stereocenters. The van der Waals surface area contributed by atoms with Gasteiger partial charge in [-0.25, -0.2) is 9.78 Å². The topological polar surface area (TPSA) is 156 Å². The van der Waals surface area contributed by atoms with Gasteiger partial charge in [-0.1, -0.05) is 49.0 Å². The molecule has 1 aromatic heterocycles. The Balaban J connectivity index is 1.69. The first-order chi connectivity index (χ1) is 17.4. The maximum atomic E-state index is 12.3. The molecule has 36 heavy (non-hydrogen) atoms. The standard InChI is InChI=1S/C25H25N7O3S/c1-2-17-18(12-26)23(31-10-8-16(9-11-31)32-20(33)14-29-25(32)35)30-24(19(17)13-27)36-21(22(28)34)15-6-4-3-5-7-15/h3-7,16,21H,2,8-11,14H2,1H3,(H2,28,34)(H,29,35). The Labute approximate surface area is 213 Å². The van der Waals surface area contributed by atoms with Crippen LogP contribution in [0.15, 0.2) is 35.4 Å². The predicted octanol–water partition coefficient (Wildman–Crippen LogP) is 2.23. The molecule has 0 radical (unpaired) electrons. The number of nitriles is 2. The molecule has 11 heteroatoms. The molecule has 10 nitrogen and oxygen atoms in total. The summed E-state index contributed by atoms with van der Waals surface area (Å²) in [6.45, 7) is 2.82. The van der Waals surface area contributed by atoms with E-state index in [1.165, 1.54) is 4.90 Å². The van der Waals surface area contributed by atoms with E-state index < -0.39 is 11.2 Å². The van der Waals surface area contributed by atoms with Crippen LogP contribution in [0.3, 0.4) is 0 Å². The summed E-state index contributed by atoms with van der Waals surface area (Å²) in [5.74, 6) is -0.365. The molecule has 4 rings (SSSR count). The van der Waals surface area contributed by atoms with Gasteiger partial charge in [0.25, 0.3) is 0 Å². The largest absolute Gasteiger partial charge is 0.368 e. The number of hydrogen-bond acceptors (Lipinski definition) is 8. The highest BCUT2D eigenvalue weighted by Gasteiger charge is 2.37. The van der Waals surface area contributed by atoms with Gasteiger partial charge in [-0.15, -0.1) is 0 Å². The number of carbonyl (C=O) groups excluding carboxylic acids is 3. The third-order valence-corrected chi connectivity index (χ3v) is 7.68. The molecule has 0 aliphatic carbocycles. The fourth-order valence-corrected chi connectivity index (χ4v) is 5.73. The van der Waals surface area contributed by atoms with Crippen molar-refractivity contribution in [2.75, 3.05) is 24.5 Å². The van der Waals surface area contributed by atoms with E-state index >= 15 is 0 Å². The fraction of sp³-hybridized carbons (Fsp3) is 0.360. The van der Waals surface area contributed by atoms with Crippen molar-refractivity contribution in [1.82, 2.24) is 15.2 Å². The smallest absolute Gasteiger partial charge is 0.324 e. The van der Waals surface area contributed by atoms with Crippen molar-refractivity contribution in [3.8, 4) is 12.1 Å². The fourth-order valence-electron chi connectivity index (χ4n) is 4.67. The lowest BCUT2D eigenvalue weighted by atomic mass is 9.99. The van der Waals surface area contributed by atoms with E-state index in [2.05, 4.69) is 17.5 Å². The first-order valence-corrected chi connectivity index (χ1v) is 12.5. The number of thioether (sulfide) groups is 1. The number of urea groups is 1. The number of nitrogens with one attached hydrogen (secondary N) is 1. The van der Waals surface area contributed by atoms with E-state index in [0.717, 1.165) is 11.8 Å². The number of benzene rings is 1. The number of primary amides is 1. The number of pyridine rings is 1. The van der Waals surface area contributed by atoms with Crippen molar-refractivity contribution in [2.24, 2.45) is 5.73 Å². The van der Waals surface area contributed by atoms with Crippen LogP contribution in [0.1, 0.15) is 47.3 Å². The molecule has 0 bridgehead atoms. The Bertz CT molecular complexity index is 1260. The third-order valence-electron chi connectivity index (χ3n) is 6.42. The summed E-state index contributed by atoms with van der Waals surface area (Å²) in [6, 6.07) is 12.8. The molecule has 1 aromatic carbocycles. The SMILES string of the molecule is CCc1c(C#N)c(SC(C(N)=O)c2ccccc2)nc(N2CCC(N3C(=O)CNC3=O)CC2)c1C#N. The van der Waals surface area contributed by atoms with Crippen LogP contribution in [-0.4, -0.2) is 53.4 Å². The average Bonchev–Trinajstić information content (AvgIpc) is 3.24. The lowest BCUT2D eigenvalue weighted by Gasteiger charge is -2.36. The van der Waals surface area contributed by atoms with Crippen molar-refractivity contribution in [3.63, 3.8) is 0 Å². The van der Waals surface area contributed by atoms with Crippen LogP contribution in [0, 0.1) is 22.7 Å². The van der Waals surface area contributed by atoms with Crippen molar-refractivity contribution in [1.29, 1.82) is 10.5 Å². The lowest BCUT2D eigenvalue weighted by molar-refractivity contribution is -0.126. The average molecular weight is 504 g/mol. The van der Waals surface area contributed by atoms with E-state index in [1.807, 2.05) is 30.0 Å². The minimum absolute atomic E-state index is 0.0116. The number of piperidine rings is 1. The Kier molecular flexibility index (Phi) is 7.41. The van der Waals surface area contributed by atoms with Crippen molar-refractivity contribution in [2.45, 2.75) is 42.5 Å². The van der Waals surface area contributed by atoms with Gasteiger partial charge in [0, 0.05) is 19.1 Å². The zero-order valence-corrected chi connectivity index (χ0v) is 20.5. The van der Waals surface area contributed by atoms with Gasteiger partial charge in [-0.05, 0) is 30.4 Å². The van der Waals surface area contributed by atoms with Gasteiger partial charge in [0.15, 0.2) is 0 Å². The minimum atomic E-state index is -0.762. The molecular formula is C25H25N7O3S. The second-order valence-electron chi connectivity index (χ2n) is 8.50. The number of anilines is 1. The highest BCUT2D eigenvalue weighted by molar-refractivity contribution is 8.00. The van der Waals surface area contributed by atoms with Crippen LogP contribution >= 0.6 is 11.8 Å². The maximum Gasteiger partial charge on any atom is 0.324 e. The Morgan fingerprint density at radius 1 is 1.19 bits per heavy atom. The van der Waals surface area contributed by atoms with Gasteiger partial charge in [0.05, 0.1) is 17.7 Å². The molecule has 3 N–H and O–H groups in total. The van der Waals surface area contributed by atoms with Crippen molar-refractivity contribution >= 4 is 35.4 Å². The van der Waals surface area contributed by atoms with Gasteiger partial charge in [-0.3, -0.25) is 14.5 Å². The zero-order chi connectivity index (χ0) is 25.8. The van der Waals surface area contributed by atoms with E-state index in [1.54, 1.807) is 12.1 Å². The number of hydrogen-bond donors (Lipinski definition) is 2. The summed E-state index contributed by atoms with van der Waals surface area (Å²) < 4.78 is 0. The Morgan fingerprint density at radius 3 is 2.39 bits per heavy atom. The minimum Gasteiger partial charge on any atom is -0.368 e. The van der Waals surface area contributed by atoms with Gasteiger partial charge in [-0.2, -0.15) is 10.5 Å². The Hall–Kier alpha value is -4.09. The van der Waals surface area contributed by atoms with Crippen LogP contribution < -0.4 is 16.0 Å². The first kappa shape index (κ1) is 25.0. The molecule has 2 saturated heterocycles. The van der Waals surface area contributed by atoms with Crippen LogP contribution in [0.5, 0.6) is 0 Å². The van der Waals surface area contributed by atoms with E-state index in [9.17, 15) is 24.9 Å². The van der Waals surface area contributed by atoms with E-state index in [0.29, 0.717) is 59.9 Å². The highest BCUT2D eigenvalue weighted by Crippen LogP contribution is 2.40. The molecule has 4 amide bonds. The van der Waals surface area contributed by atoms with Gasteiger partial charge >= 0.3 is 6.03 Å². The summed E-state index contributed by atoms with van der Waals surface area (Å²) >= 11 is 1.10. The van der Waals surface area contributed by atoms with Crippen LogP contribution in [-0.2, 0) is 16.0 Å². The quantitative estimate of drug-likeness (QED) is 0.430. The summed E-state index contributed by atoms with van der Waals surface area (Å²) in [5.41, 5.74) is 7.56. The predicted molar refractivity (Wildman–Crippen MR) is 133 cm³/mol.